The van der Waals surface area contributed by atoms with Gasteiger partial charge in [-0.25, -0.2) is 0 Å². The highest BCUT2D eigenvalue weighted by molar-refractivity contribution is 5.78. The Balaban J connectivity index is 1.82. The third-order valence-electron chi connectivity index (χ3n) is 3.79. The van der Waals surface area contributed by atoms with Crippen LogP contribution in [0.25, 0.3) is 0 Å². The van der Waals surface area contributed by atoms with Crippen LogP contribution in [0.4, 0.5) is 0 Å². The van der Waals surface area contributed by atoms with E-state index < -0.39 is 0 Å². The van der Waals surface area contributed by atoms with Gasteiger partial charge in [-0.1, -0.05) is 24.3 Å². The fraction of sp³-hybridized carbons (Fsp3) is 0.444. The van der Waals surface area contributed by atoms with E-state index in [1.54, 1.807) is 13.3 Å². The van der Waals surface area contributed by atoms with Crippen LogP contribution < -0.4 is 5.32 Å². The average molecular weight is 330 g/mol. The second-order valence-corrected chi connectivity index (χ2v) is 5.83. The maximum Gasteiger partial charge on any atom is 0.234 e. The first-order chi connectivity index (χ1) is 11.7. The second kappa shape index (κ2) is 9.85. The number of amides is 1. The van der Waals surface area contributed by atoms with Crippen LogP contribution in [0, 0.1) is 0 Å². The maximum atomic E-state index is 12.1. The SMILES string of the molecule is COCCCN(C)CC(=O)NCc1ccccc1Cn1cccn1. The van der Waals surface area contributed by atoms with Crippen molar-refractivity contribution < 1.29 is 9.53 Å². The number of benzene rings is 1. The number of carbonyl (C=O) groups is 1. The van der Waals surface area contributed by atoms with Crippen LogP contribution in [0.15, 0.2) is 42.7 Å². The van der Waals surface area contributed by atoms with Crippen molar-refractivity contribution in [2.24, 2.45) is 0 Å². The van der Waals surface area contributed by atoms with E-state index in [0.717, 1.165) is 24.1 Å². The van der Waals surface area contributed by atoms with E-state index in [4.69, 9.17) is 4.74 Å². The summed E-state index contributed by atoms with van der Waals surface area (Å²) >= 11 is 0. The minimum Gasteiger partial charge on any atom is -0.385 e. The molecule has 0 radical (unpaired) electrons. The molecule has 130 valence electrons. The Kier molecular flexibility index (Phi) is 7.45. The van der Waals surface area contributed by atoms with Gasteiger partial charge in [-0.15, -0.1) is 0 Å². The van der Waals surface area contributed by atoms with Gasteiger partial charge in [0.25, 0.3) is 0 Å². The Hall–Kier alpha value is -2.18. The van der Waals surface area contributed by atoms with Gasteiger partial charge in [0, 0.05) is 39.2 Å². The topological polar surface area (TPSA) is 59.4 Å². The average Bonchev–Trinajstić information content (AvgIpc) is 3.07. The molecule has 0 aliphatic rings. The number of hydrogen-bond donors (Lipinski definition) is 1. The molecule has 1 amide bonds. The molecule has 0 aliphatic heterocycles. The zero-order chi connectivity index (χ0) is 17.2. The molecular weight excluding hydrogens is 304 g/mol. The normalized spacial score (nSPS) is 11.0. The molecule has 6 heteroatoms. The first kappa shape index (κ1) is 18.2. The molecule has 0 atom stereocenters. The van der Waals surface area contributed by atoms with Crippen molar-refractivity contribution in [3.05, 3.63) is 53.9 Å². The molecule has 1 aromatic heterocycles. The third-order valence-corrected chi connectivity index (χ3v) is 3.79. The number of methoxy groups -OCH3 is 1. The van der Waals surface area contributed by atoms with Crippen LogP contribution in [0.2, 0.25) is 0 Å². The second-order valence-electron chi connectivity index (χ2n) is 5.83. The largest absolute Gasteiger partial charge is 0.385 e. The molecule has 2 aromatic rings. The van der Waals surface area contributed by atoms with Crippen molar-refractivity contribution in [2.75, 3.05) is 33.9 Å². The van der Waals surface area contributed by atoms with Crippen LogP contribution in [0.1, 0.15) is 17.5 Å². The number of nitrogens with one attached hydrogen (secondary N) is 1. The lowest BCUT2D eigenvalue weighted by Gasteiger charge is -2.16. The monoisotopic (exact) mass is 330 g/mol. The van der Waals surface area contributed by atoms with Crippen molar-refractivity contribution in [2.45, 2.75) is 19.5 Å². The van der Waals surface area contributed by atoms with Crippen LogP contribution in [-0.2, 0) is 22.6 Å². The number of hydrogen-bond acceptors (Lipinski definition) is 4. The van der Waals surface area contributed by atoms with E-state index >= 15 is 0 Å². The Morgan fingerprint density at radius 3 is 2.79 bits per heavy atom. The molecule has 1 N–H and O–H groups in total. The van der Waals surface area contributed by atoms with Gasteiger partial charge in [-0.2, -0.15) is 5.10 Å². The van der Waals surface area contributed by atoms with Crippen LogP contribution >= 0.6 is 0 Å². The fourth-order valence-corrected chi connectivity index (χ4v) is 2.51. The molecule has 0 saturated carbocycles. The number of ether oxygens (including phenoxy) is 1. The van der Waals surface area contributed by atoms with Crippen molar-refractivity contribution in [3.8, 4) is 0 Å². The van der Waals surface area contributed by atoms with Gasteiger partial charge in [0.2, 0.25) is 5.91 Å². The summed E-state index contributed by atoms with van der Waals surface area (Å²) in [6.07, 6.45) is 4.63. The highest BCUT2D eigenvalue weighted by atomic mass is 16.5. The Morgan fingerprint density at radius 1 is 1.29 bits per heavy atom. The molecule has 0 saturated heterocycles. The Morgan fingerprint density at radius 2 is 2.08 bits per heavy atom. The van der Waals surface area contributed by atoms with E-state index in [2.05, 4.69) is 16.5 Å². The van der Waals surface area contributed by atoms with E-state index in [1.807, 2.05) is 47.1 Å². The van der Waals surface area contributed by atoms with Crippen LogP contribution in [0.5, 0.6) is 0 Å². The van der Waals surface area contributed by atoms with Crippen LogP contribution in [-0.4, -0.2) is 54.4 Å². The number of likely N-dealkylation sites (N-methyl/N-ethyl adjacent to an activating group) is 1. The molecule has 24 heavy (non-hydrogen) atoms. The summed E-state index contributed by atoms with van der Waals surface area (Å²) in [5.74, 6) is 0.0313. The number of rotatable bonds is 10. The zero-order valence-electron chi connectivity index (χ0n) is 14.4. The van der Waals surface area contributed by atoms with E-state index in [1.165, 1.54) is 0 Å². The van der Waals surface area contributed by atoms with Gasteiger partial charge < -0.3 is 10.1 Å². The minimum absolute atomic E-state index is 0.0313. The fourth-order valence-electron chi connectivity index (χ4n) is 2.51. The molecule has 0 fully saturated rings. The molecule has 0 spiro atoms. The summed E-state index contributed by atoms with van der Waals surface area (Å²) in [6.45, 7) is 3.19. The summed E-state index contributed by atoms with van der Waals surface area (Å²) in [4.78, 5) is 14.1. The molecule has 0 unspecified atom stereocenters. The predicted molar refractivity (Wildman–Crippen MR) is 93.6 cm³/mol. The molecule has 2 rings (SSSR count). The highest BCUT2D eigenvalue weighted by Crippen LogP contribution is 2.10. The number of aromatic nitrogens is 2. The highest BCUT2D eigenvalue weighted by Gasteiger charge is 2.08. The van der Waals surface area contributed by atoms with Crippen molar-refractivity contribution in [1.82, 2.24) is 20.0 Å². The standard InChI is InChI=1S/C18H26N4O2/c1-21(10-6-12-24-2)15-18(23)19-13-16-7-3-4-8-17(16)14-22-11-5-9-20-22/h3-5,7-9,11H,6,10,12-15H2,1-2H3,(H,19,23). The summed E-state index contributed by atoms with van der Waals surface area (Å²) in [7, 11) is 3.63. The third kappa shape index (κ3) is 6.14. The van der Waals surface area contributed by atoms with Crippen LogP contribution in [0.3, 0.4) is 0 Å². The van der Waals surface area contributed by atoms with Gasteiger partial charge in [0.15, 0.2) is 0 Å². The smallest absolute Gasteiger partial charge is 0.234 e. The maximum absolute atomic E-state index is 12.1. The molecular formula is C18H26N4O2. The van der Waals surface area contributed by atoms with Crippen molar-refractivity contribution in [3.63, 3.8) is 0 Å². The first-order valence-electron chi connectivity index (χ1n) is 8.17. The van der Waals surface area contributed by atoms with E-state index in [0.29, 0.717) is 26.2 Å². The van der Waals surface area contributed by atoms with Gasteiger partial charge in [-0.3, -0.25) is 14.4 Å². The molecule has 0 bridgehead atoms. The van der Waals surface area contributed by atoms with Crippen molar-refractivity contribution >= 4 is 5.91 Å². The Labute approximate surface area is 143 Å². The minimum atomic E-state index is 0.0313. The van der Waals surface area contributed by atoms with Gasteiger partial charge in [0.05, 0.1) is 13.1 Å². The summed E-state index contributed by atoms with van der Waals surface area (Å²) in [5, 5.41) is 7.23. The lowest BCUT2D eigenvalue weighted by molar-refractivity contribution is -0.122. The lowest BCUT2D eigenvalue weighted by atomic mass is 10.1. The van der Waals surface area contributed by atoms with Gasteiger partial charge in [0.1, 0.15) is 0 Å². The number of nitrogens with zero attached hydrogens (tertiary/aromatic N) is 3. The summed E-state index contributed by atoms with van der Waals surface area (Å²) in [5.41, 5.74) is 2.28. The van der Waals surface area contributed by atoms with Gasteiger partial charge >= 0.3 is 0 Å². The Bertz CT molecular complexity index is 613. The number of carbonyl (C=O) groups excluding carboxylic acids is 1. The lowest BCUT2D eigenvalue weighted by Crippen LogP contribution is -2.35. The van der Waals surface area contributed by atoms with Gasteiger partial charge in [-0.05, 0) is 30.7 Å². The summed E-state index contributed by atoms with van der Waals surface area (Å²) in [6, 6.07) is 10.0. The van der Waals surface area contributed by atoms with E-state index in [-0.39, 0.29) is 5.91 Å². The van der Waals surface area contributed by atoms with E-state index in [9.17, 15) is 4.79 Å². The summed E-state index contributed by atoms with van der Waals surface area (Å²) < 4.78 is 6.90. The molecule has 1 heterocycles. The predicted octanol–water partition coefficient (Wildman–Crippen LogP) is 1.52. The molecule has 1 aromatic carbocycles. The van der Waals surface area contributed by atoms with Crippen molar-refractivity contribution in [1.29, 1.82) is 0 Å². The molecule has 6 nitrogen and oxygen atoms in total. The molecule has 0 aliphatic carbocycles. The quantitative estimate of drug-likeness (QED) is 0.671. The first-order valence-corrected chi connectivity index (χ1v) is 8.17. The zero-order valence-corrected chi connectivity index (χ0v) is 14.4.